The standard InChI is InChI=1S/C11H19NO2/c1-11(2,3)10(9-13)8-12-4-6-14-7-5-12/h8-9H,4-7H2,1-3H3/b10-8+. The van der Waals surface area contributed by atoms with E-state index in [2.05, 4.69) is 4.90 Å². The molecule has 0 aromatic rings. The first kappa shape index (κ1) is 11.2. The van der Waals surface area contributed by atoms with Crippen LogP contribution in [0, 0.1) is 5.41 Å². The highest BCUT2D eigenvalue weighted by Gasteiger charge is 2.18. The number of carbonyl (C=O) groups is 1. The molecule has 0 saturated carbocycles. The number of hydrogen-bond acceptors (Lipinski definition) is 3. The Morgan fingerprint density at radius 3 is 2.29 bits per heavy atom. The van der Waals surface area contributed by atoms with Gasteiger partial charge in [-0.25, -0.2) is 0 Å². The van der Waals surface area contributed by atoms with E-state index in [1.165, 1.54) is 0 Å². The van der Waals surface area contributed by atoms with Crippen LogP contribution in [0.2, 0.25) is 0 Å². The van der Waals surface area contributed by atoms with Crippen molar-refractivity contribution >= 4 is 6.29 Å². The summed E-state index contributed by atoms with van der Waals surface area (Å²) in [5.74, 6) is 0. The minimum Gasteiger partial charge on any atom is -0.378 e. The van der Waals surface area contributed by atoms with Crippen molar-refractivity contribution in [3.8, 4) is 0 Å². The summed E-state index contributed by atoms with van der Waals surface area (Å²) in [7, 11) is 0. The highest BCUT2D eigenvalue weighted by Crippen LogP contribution is 2.23. The van der Waals surface area contributed by atoms with Crippen molar-refractivity contribution in [1.29, 1.82) is 0 Å². The summed E-state index contributed by atoms with van der Waals surface area (Å²) in [6, 6.07) is 0. The van der Waals surface area contributed by atoms with Crippen LogP contribution in [0.15, 0.2) is 11.8 Å². The molecule has 1 saturated heterocycles. The highest BCUT2D eigenvalue weighted by atomic mass is 16.5. The third-order valence-corrected chi connectivity index (χ3v) is 2.36. The lowest BCUT2D eigenvalue weighted by Gasteiger charge is -2.28. The number of carbonyl (C=O) groups excluding carboxylic acids is 1. The SMILES string of the molecule is CC(C)(C)/C(C=O)=C/N1CCOCC1. The van der Waals surface area contributed by atoms with Crippen LogP contribution in [0.3, 0.4) is 0 Å². The van der Waals surface area contributed by atoms with E-state index in [9.17, 15) is 4.79 Å². The lowest BCUT2D eigenvalue weighted by molar-refractivity contribution is -0.105. The molecule has 1 rings (SSSR count). The second-order valence-electron chi connectivity index (χ2n) is 4.60. The van der Waals surface area contributed by atoms with Gasteiger partial charge in [0.15, 0.2) is 0 Å². The van der Waals surface area contributed by atoms with Crippen LogP contribution in [0.4, 0.5) is 0 Å². The van der Waals surface area contributed by atoms with Gasteiger partial charge in [-0.2, -0.15) is 0 Å². The second kappa shape index (κ2) is 4.60. The molecule has 3 heteroatoms. The molecule has 3 nitrogen and oxygen atoms in total. The molecule has 0 amide bonds. The minimum atomic E-state index is -0.0694. The van der Waals surface area contributed by atoms with Crippen LogP contribution in [-0.2, 0) is 9.53 Å². The first-order valence-electron chi connectivity index (χ1n) is 5.03. The molecule has 0 radical (unpaired) electrons. The zero-order valence-corrected chi connectivity index (χ0v) is 9.25. The maximum absolute atomic E-state index is 10.9. The maximum Gasteiger partial charge on any atom is 0.148 e. The van der Waals surface area contributed by atoms with Gasteiger partial charge in [-0.15, -0.1) is 0 Å². The summed E-state index contributed by atoms with van der Waals surface area (Å²) in [6.07, 6.45) is 2.92. The molecule has 0 spiro atoms. The Morgan fingerprint density at radius 1 is 1.29 bits per heavy atom. The number of aldehydes is 1. The second-order valence-corrected chi connectivity index (χ2v) is 4.60. The molecule has 0 bridgehead atoms. The van der Waals surface area contributed by atoms with Gasteiger partial charge in [0.2, 0.25) is 0 Å². The van der Waals surface area contributed by atoms with E-state index in [0.717, 1.165) is 38.2 Å². The van der Waals surface area contributed by atoms with Crippen molar-refractivity contribution in [2.24, 2.45) is 5.41 Å². The van der Waals surface area contributed by atoms with Crippen molar-refractivity contribution in [1.82, 2.24) is 4.90 Å². The molecule has 0 N–H and O–H groups in total. The molecule has 0 atom stereocenters. The molecule has 14 heavy (non-hydrogen) atoms. The summed E-state index contributed by atoms with van der Waals surface area (Å²) < 4.78 is 5.24. The third kappa shape index (κ3) is 3.14. The number of morpholine rings is 1. The molecule has 1 aliphatic rings. The molecular formula is C11H19NO2. The normalized spacial score (nSPS) is 19.6. The van der Waals surface area contributed by atoms with Crippen LogP contribution in [0.25, 0.3) is 0 Å². The van der Waals surface area contributed by atoms with Gasteiger partial charge in [-0.3, -0.25) is 4.79 Å². The molecule has 1 aliphatic heterocycles. The Morgan fingerprint density at radius 2 is 1.86 bits per heavy atom. The monoisotopic (exact) mass is 197 g/mol. The van der Waals surface area contributed by atoms with Gasteiger partial charge in [-0.1, -0.05) is 20.8 Å². The Bertz CT molecular complexity index is 222. The van der Waals surface area contributed by atoms with Gasteiger partial charge in [-0.05, 0) is 5.41 Å². The summed E-state index contributed by atoms with van der Waals surface area (Å²) in [6.45, 7) is 9.43. The Hall–Kier alpha value is -0.830. The number of hydrogen-bond donors (Lipinski definition) is 0. The fourth-order valence-electron chi connectivity index (χ4n) is 1.30. The first-order valence-corrected chi connectivity index (χ1v) is 5.03. The van der Waals surface area contributed by atoms with Crippen LogP contribution < -0.4 is 0 Å². The van der Waals surface area contributed by atoms with Gasteiger partial charge < -0.3 is 9.64 Å². The lowest BCUT2D eigenvalue weighted by Crippen LogP contribution is -2.33. The molecule has 0 aromatic carbocycles. The Kier molecular flexibility index (Phi) is 3.69. The van der Waals surface area contributed by atoms with E-state index in [4.69, 9.17) is 4.74 Å². The van der Waals surface area contributed by atoms with E-state index in [-0.39, 0.29) is 5.41 Å². The van der Waals surface area contributed by atoms with Crippen LogP contribution in [-0.4, -0.2) is 37.5 Å². The number of rotatable bonds is 2. The Balaban J connectivity index is 2.67. The third-order valence-electron chi connectivity index (χ3n) is 2.36. The fraction of sp³-hybridized carbons (Fsp3) is 0.727. The van der Waals surface area contributed by atoms with E-state index in [1.54, 1.807) is 0 Å². The summed E-state index contributed by atoms with van der Waals surface area (Å²) >= 11 is 0. The summed E-state index contributed by atoms with van der Waals surface area (Å²) in [5.41, 5.74) is 0.777. The average Bonchev–Trinajstić information content (AvgIpc) is 2.14. The average molecular weight is 197 g/mol. The van der Waals surface area contributed by atoms with Crippen LogP contribution in [0.1, 0.15) is 20.8 Å². The van der Waals surface area contributed by atoms with Gasteiger partial charge >= 0.3 is 0 Å². The number of ether oxygens (including phenoxy) is 1. The van der Waals surface area contributed by atoms with E-state index in [1.807, 2.05) is 27.0 Å². The van der Waals surface area contributed by atoms with Gasteiger partial charge in [0.05, 0.1) is 13.2 Å². The molecule has 0 unspecified atom stereocenters. The van der Waals surface area contributed by atoms with Gasteiger partial charge in [0.1, 0.15) is 6.29 Å². The summed E-state index contributed by atoms with van der Waals surface area (Å²) in [4.78, 5) is 13.1. The zero-order chi connectivity index (χ0) is 10.6. The van der Waals surface area contributed by atoms with Crippen LogP contribution in [0.5, 0.6) is 0 Å². The fourth-order valence-corrected chi connectivity index (χ4v) is 1.30. The van der Waals surface area contributed by atoms with Crippen molar-refractivity contribution in [2.75, 3.05) is 26.3 Å². The lowest BCUT2D eigenvalue weighted by atomic mass is 9.88. The number of nitrogens with zero attached hydrogens (tertiary/aromatic N) is 1. The van der Waals surface area contributed by atoms with E-state index < -0.39 is 0 Å². The summed E-state index contributed by atoms with van der Waals surface area (Å²) in [5, 5.41) is 0. The van der Waals surface area contributed by atoms with Crippen molar-refractivity contribution in [3.05, 3.63) is 11.8 Å². The molecule has 1 fully saturated rings. The first-order chi connectivity index (χ1) is 6.54. The van der Waals surface area contributed by atoms with Crippen molar-refractivity contribution in [3.63, 3.8) is 0 Å². The quantitative estimate of drug-likeness (QED) is 0.495. The maximum atomic E-state index is 10.9. The van der Waals surface area contributed by atoms with E-state index >= 15 is 0 Å². The smallest absolute Gasteiger partial charge is 0.148 e. The predicted octanol–water partition coefficient (Wildman–Crippen LogP) is 1.45. The molecule has 80 valence electrons. The molecule has 0 aliphatic carbocycles. The molecular weight excluding hydrogens is 178 g/mol. The molecule has 0 aromatic heterocycles. The predicted molar refractivity (Wildman–Crippen MR) is 56.0 cm³/mol. The largest absolute Gasteiger partial charge is 0.378 e. The molecule has 1 heterocycles. The van der Waals surface area contributed by atoms with Gasteiger partial charge in [0.25, 0.3) is 0 Å². The van der Waals surface area contributed by atoms with E-state index in [0.29, 0.717) is 0 Å². The number of allylic oxidation sites excluding steroid dienone is 1. The van der Waals surface area contributed by atoms with Crippen LogP contribution >= 0.6 is 0 Å². The van der Waals surface area contributed by atoms with Gasteiger partial charge in [0, 0.05) is 24.9 Å². The van der Waals surface area contributed by atoms with Crippen molar-refractivity contribution in [2.45, 2.75) is 20.8 Å². The topological polar surface area (TPSA) is 29.5 Å². The highest BCUT2D eigenvalue weighted by molar-refractivity contribution is 5.74. The van der Waals surface area contributed by atoms with Crippen molar-refractivity contribution < 1.29 is 9.53 Å². The minimum absolute atomic E-state index is 0.0694. The Labute approximate surface area is 85.7 Å². The zero-order valence-electron chi connectivity index (χ0n) is 9.25.